The van der Waals surface area contributed by atoms with E-state index in [1.54, 1.807) is 13.8 Å². The largest absolute Gasteiger partial charge is 0.385 e. The molecule has 2 unspecified atom stereocenters. The van der Waals surface area contributed by atoms with Crippen LogP contribution < -0.4 is 5.73 Å². The molecule has 2 atom stereocenters. The molecule has 0 aromatic heterocycles. The molecule has 0 aromatic carbocycles. The molecule has 2 amide bonds. The van der Waals surface area contributed by atoms with Crippen LogP contribution in [0.15, 0.2) is 4.99 Å². The summed E-state index contributed by atoms with van der Waals surface area (Å²) in [7, 11) is 3.05. The number of amidine groups is 1. The monoisotopic (exact) mass is 253 g/mol. The molecule has 100 valence electrons. The molecule has 18 heavy (non-hydrogen) atoms. The molecule has 0 saturated heterocycles. The summed E-state index contributed by atoms with van der Waals surface area (Å²) in [5.41, 5.74) is 5.06. The minimum Gasteiger partial charge on any atom is -0.385 e. The van der Waals surface area contributed by atoms with Crippen LogP contribution >= 0.6 is 0 Å². The fraction of sp³-hybridized carbons (Fsp3) is 0.667. The number of aliphatic imine (C=N–C) groups is 1. The molecule has 1 aliphatic heterocycles. The van der Waals surface area contributed by atoms with E-state index >= 15 is 0 Å². The molecule has 1 rings (SSSR count). The van der Waals surface area contributed by atoms with Crippen molar-refractivity contribution in [2.24, 2.45) is 10.7 Å². The first-order valence-electron chi connectivity index (χ1n) is 5.60. The molecule has 0 aromatic rings. The Morgan fingerprint density at radius 3 is 2.56 bits per heavy atom. The number of hydrogen-bond acceptors (Lipinski definition) is 4. The van der Waals surface area contributed by atoms with Gasteiger partial charge in [0.1, 0.15) is 11.4 Å². The number of nitrogens with two attached hydrogens (primary N) is 1. The van der Waals surface area contributed by atoms with Gasteiger partial charge in [-0.05, 0) is 13.8 Å². The van der Waals surface area contributed by atoms with E-state index in [4.69, 9.17) is 21.6 Å². The number of carbonyl (C=O) groups excluding carboxylic acids is 1. The Labute approximate surface area is 107 Å². The second-order valence-electron chi connectivity index (χ2n) is 4.37. The fourth-order valence-electron chi connectivity index (χ4n) is 2.07. The van der Waals surface area contributed by atoms with Gasteiger partial charge in [-0.1, -0.05) is 5.92 Å². The number of amides is 2. The van der Waals surface area contributed by atoms with Crippen LogP contribution in [0.4, 0.5) is 4.79 Å². The number of carbonyl (C=O) groups is 1. The van der Waals surface area contributed by atoms with Crippen molar-refractivity contribution in [3.63, 3.8) is 0 Å². The molecule has 1 heterocycles. The summed E-state index contributed by atoms with van der Waals surface area (Å²) in [6.07, 6.45) is 5.26. The summed E-state index contributed by atoms with van der Waals surface area (Å²) in [5.74, 6) is 2.75. The molecule has 0 bridgehead atoms. The van der Waals surface area contributed by atoms with Gasteiger partial charge in [-0.2, -0.15) is 4.99 Å². The van der Waals surface area contributed by atoms with E-state index < -0.39 is 23.9 Å². The molecule has 0 fully saturated rings. The standard InChI is InChI=1S/C12H19N3O3/c1-6-8(2)15-11(16)14-10(13)12(15,3)7-9(17-4)18-5/h1,8-9H,7H2,2-5H3,(H2,13,14,16). The van der Waals surface area contributed by atoms with Gasteiger partial charge in [-0.25, -0.2) is 4.79 Å². The summed E-state index contributed by atoms with van der Waals surface area (Å²) in [5, 5.41) is 0. The Balaban J connectivity index is 3.04. The summed E-state index contributed by atoms with van der Waals surface area (Å²) >= 11 is 0. The van der Waals surface area contributed by atoms with Gasteiger partial charge in [0.15, 0.2) is 6.29 Å². The number of hydrogen-bond donors (Lipinski definition) is 1. The second-order valence-corrected chi connectivity index (χ2v) is 4.37. The topological polar surface area (TPSA) is 77.2 Å². The third-order valence-electron chi connectivity index (χ3n) is 3.22. The summed E-state index contributed by atoms with van der Waals surface area (Å²) in [4.78, 5) is 17.1. The second kappa shape index (κ2) is 5.38. The third kappa shape index (κ3) is 2.33. The quantitative estimate of drug-likeness (QED) is 0.574. The highest BCUT2D eigenvalue weighted by molar-refractivity contribution is 6.05. The average molecular weight is 253 g/mol. The molecule has 0 radical (unpaired) electrons. The fourth-order valence-corrected chi connectivity index (χ4v) is 2.07. The third-order valence-corrected chi connectivity index (χ3v) is 3.22. The van der Waals surface area contributed by atoms with Crippen LogP contribution in [-0.2, 0) is 9.47 Å². The van der Waals surface area contributed by atoms with Crippen LogP contribution in [0.25, 0.3) is 0 Å². The zero-order valence-corrected chi connectivity index (χ0v) is 11.1. The highest BCUT2D eigenvalue weighted by Crippen LogP contribution is 2.30. The maximum atomic E-state index is 11.8. The normalized spacial score (nSPS) is 25.2. The van der Waals surface area contributed by atoms with Gasteiger partial charge in [0.05, 0.1) is 6.04 Å². The molecule has 6 nitrogen and oxygen atoms in total. The van der Waals surface area contributed by atoms with Crippen molar-refractivity contribution < 1.29 is 14.3 Å². The van der Waals surface area contributed by atoms with Crippen molar-refractivity contribution in [2.45, 2.75) is 38.1 Å². The van der Waals surface area contributed by atoms with Crippen molar-refractivity contribution in [3.8, 4) is 12.3 Å². The van der Waals surface area contributed by atoms with Crippen LogP contribution in [0.2, 0.25) is 0 Å². The Hall–Kier alpha value is -1.58. The van der Waals surface area contributed by atoms with Crippen molar-refractivity contribution in [2.75, 3.05) is 14.2 Å². The lowest BCUT2D eigenvalue weighted by molar-refractivity contribution is -0.118. The van der Waals surface area contributed by atoms with Crippen molar-refractivity contribution >= 4 is 11.9 Å². The first-order chi connectivity index (χ1) is 8.40. The number of methoxy groups -OCH3 is 2. The number of rotatable bonds is 5. The van der Waals surface area contributed by atoms with Gasteiger partial charge < -0.3 is 15.2 Å². The number of ether oxygens (including phenoxy) is 2. The Morgan fingerprint density at radius 2 is 2.11 bits per heavy atom. The molecule has 0 aliphatic carbocycles. The molecule has 0 saturated carbocycles. The lowest BCUT2D eigenvalue weighted by atomic mass is 9.93. The maximum Gasteiger partial charge on any atom is 0.347 e. The van der Waals surface area contributed by atoms with Gasteiger partial charge in [0.2, 0.25) is 0 Å². The first kappa shape index (κ1) is 14.5. The van der Waals surface area contributed by atoms with Gasteiger partial charge >= 0.3 is 6.03 Å². The van der Waals surface area contributed by atoms with Crippen molar-refractivity contribution in [1.29, 1.82) is 0 Å². The van der Waals surface area contributed by atoms with Gasteiger partial charge in [-0.15, -0.1) is 6.42 Å². The number of urea groups is 1. The molecule has 6 heteroatoms. The van der Waals surface area contributed by atoms with Gasteiger partial charge in [0, 0.05) is 20.6 Å². The number of nitrogens with zero attached hydrogens (tertiary/aromatic N) is 2. The zero-order chi connectivity index (χ0) is 13.9. The van der Waals surface area contributed by atoms with Crippen LogP contribution in [0.1, 0.15) is 20.3 Å². The number of terminal acetylenes is 1. The zero-order valence-electron chi connectivity index (χ0n) is 11.1. The maximum absolute atomic E-state index is 11.8. The van der Waals surface area contributed by atoms with E-state index in [0.29, 0.717) is 6.42 Å². The van der Waals surface area contributed by atoms with Crippen LogP contribution in [0.3, 0.4) is 0 Å². The molecular formula is C12H19N3O3. The Bertz CT molecular complexity index is 398. The molecule has 2 N–H and O–H groups in total. The molecule has 0 spiro atoms. The average Bonchev–Trinajstić information content (AvgIpc) is 2.56. The summed E-state index contributed by atoms with van der Waals surface area (Å²) < 4.78 is 10.3. The van der Waals surface area contributed by atoms with E-state index in [1.165, 1.54) is 19.1 Å². The van der Waals surface area contributed by atoms with Gasteiger partial charge in [-0.3, -0.25) is 4.90 Å². The van der Waals surface area contributed by atoms with E-state index in [1.807, 2.05) is 0 Å². The van der Waals surface area contributed by atoms with E-state index in [9.17, 15) is 4.79 Å². The lowest BCUT2D eigenvalue weighted by Crippen LogP contribution is -2.56. The summed E-state index contributed by atoms with van der Waals surface area (Å²) in [6, 6.07) is -0.826. The van der Waals surface area contributed by atoms with Crippen LogP contribution in [0, 0.1) is 12.3 Å². The van der Waals surface area contributed by atoms with E-state index in [0.717, 1.165) is 0 Å². The lowest BCUT2D eigenvalue weighted by Gasteiger charge is -2.38. The smallest absolute Gasteiger partial charge is 0.347 e. The molecule has 1 aliphatic rings. The van der Waals surface area contributed by atoms with E-state index in [2.05, 4.69) is 10.9 Å². The Morgan fingerprint density at radius 1 is 1.56 bits per heavy atom. The predicted molar refractivity (Wildman–Crippen MR) is 68.0 cm³/mol. The van der Waals surface area contributed by atoms with Crippen LogP contribution in [-0.4, -0.2) is 48.9 Å². The van der Waals surface area contributed by atoms with Crippen LogP contribution in [0.5, 0.6) is 0 Å². The SMILES string of the molecule is C#CC(C)N1C(=O)N=C(N)C1(C)CC(OC)OC. The van der Waals surface area contributed by atoms with E-state index in [-0.39, 0.29) is 5.84 Å². The first-order valence-corrected chi connectivity index (χ1v) is 5.60. The van der Waals surface area contributed by atoms with Gasteiger partial charge in [0.25, 0.3) is 0 Å². The molecular weight excluding hydrogens is 234 g/mol. The van der Waals surface area contributed by atoms with Crippen molar-refractivity contribution in [3.05, 3.63) is 0 Å². The highest BCUT2D eigenvalue weighted by atomic mass is 16.7. The van der Waals surface area contributed by atoms with Crippen molar-refractivity contribution in [1.82, 2.24) is 4.90 Å². The highest BCUT2D eigenvalue weighted by Gasteiger charge is 2.48. The minimum atomic E-state index is -0.792. The minimum absolute atomic E-state index is 0.230. The predicted octanol–water partition coefficient (Wildman–Crippen LogP) is 0.569. The summed E-state index contributed by atoms with van der Waals surface area (Å²) in [6.45, 7) is 3.55. The Kier molecular flexibility index (Phi) is 4.33.